The summed E-state index contributed by atoms with van der Waals surface area (Å²) in [6.45, 7) is 5.35. The number of hydrogen-bond donors (Lipinski definition) is 1. The fraction of sp³-hybridized carbons (Fsp3) is 0.429. The van der Waals surface area contributed by atoms with Crippen molar-refractivity contribution in [2.45, 2.75) is 32.9 Å². The Balaban J connectivity index is 1.77. The van der Waals surface area contributed by atoms with Crippen LogP contribution in [0.15, 0.2) is 35.3 Å². The van der Waals surface area contributed by atoms with Crippen LogP contribution in [-0.2, 0) is 19.5 Å². The molecule has 0 radical (unpaired) electrons. The van der Waals surface area contributed by atoms with Gasteiger partial charge in [0.25, 0.3) is 0 Å². The Hall–Kier alpha value is -1.06. The second-order valence-corrected chi connectivity index (χ2v) is 5.10. The Labute approximate surface area is 107 Å². The molecule has 2 rings (SSSR count). The lowest BCUT2D eigenvalue weighted by Crippen LogP contribution is -2.13. The highest BCUT2D eigenvalue weighted by Gasteiger charge is 1.98. The van der Waals surface area contributed by atoms with E-state index in [1.54, 1.807) is 11.3 Å². The normalized spacial score (nSPS) is 10.9. The van der Waals surface area contributed by atoms with Gasteiger partial charge in [0.2, 0.25) is 0 Å². The molecule has 2 nitrogen and oxygen atoms in total. The summed E-state index contributed by atoms with van der Waals surface area (Å²) >= 11 is 1.77. The van der Waals surface area contributed by atoms with E-state index in [9.17, 15) is 0 Å². The van der Waals surface area contributed by atoms with Gasteiger partial charge < -0.3 is 9.88 Å². The van der Waals surface area contributed by atoms with Gasteiger partial charge in [0.1, 0.15) is 0 Å². The number of nitrogens with one attached hydrogen (secondary N) is 1. The summed E-state index contributed by atoms with van der Waals surface area (Å²) in [6.07, 6.45) is 6.74. The van der Waals surface area contributed by atoms with Gasteiger partial charge in [0.15, 0.2) is 0 Å². The molecule has 2 aromatic heterocycles. The molecule has 0 atom stereocenters. The molecule has 3 heteroatoms. The SMILES string of the molecule is CCCNCc1ccn(CCc2ccsc2)c1. The van der Waals surface area contributed by atoms with E-state index in [-0.39, 0.29) is 0 Å². The minimum absolute atomic E-state index is 0.985. The molecule has 2 aromatic rings. The largest absolute Gasteiger partial charge is 0.354 e. The molecule has 0 aromatic carbocycles. The van der Waals surface area contributed by atoms with Crippen LogP contribution in [-0.4, -0.2) is 11.1 Å². The molecule has 17 heavy (non-hydrogen) atoms. The molecule has 0 fully saturated rings. The Morgan fingerprint density at radius 2 is 2.24 bits per heavy atom. The number of hydrogen-bond acceptors (Lipinski definition) is 2. The fourth-order valence-electron chi connectivity index (χ4n) is 1.84. The average molecular weight is 248 g/mol. The minimum Gasteiger partial charge on any atom is -0.354 e. The number of aryl methyl sites for hydroxylation is 2. The maximum atomic E-state index is 3.42. The van der Waals surface area contributed by atoms with Crippen LogP contribution in [0.1, 0.15) is 24.5 Å². The van der Waals surface area contributed by atoms with Gasteiger partial charge in [-0.2, -0.15) is 11.3 Å². The highest BCUT2D eigenvalue weighted by Crippen LogP contribution is 2.09. The van der Waals surface area contributed by atoms with Crippen molar-refractivity contribution in [3.8, 4) is 0 Å². The fourth-order valence-corrected chi connectivity index (χ4v) is 2.54. The lowest BCUT2D eigenvalue weighted by atomic mass is 10.2. The van der Waals surface area contributed by atoms with Gasteiger partial charge in [-0.1, -0.05) is 6.92 Å². The van der Waals surface area contributed by atoms with Gasteiger partial charge in [-0.25, -0.2) is 0 Å². The molecule has 0 aliphatic rings. The minimum atomic E-state index is 0.985. The number of thiophene rings is 1. The maximum Gasteiger partial charge on any atom is 0.0260 e. The van der Waals surface area contributed by atoms with E-state index in [4.69, 9.17) is 0 Å². The molecule has 0 amide bonds. The molecule has 0 aliphatic heterocycles. The second kappa shape index (κ2) is 6.62. The van der Waals surface area contributed by atoms with Crippen molar-refractivity contribution < 1.29 is 0 Å². The van der Waals surface area contributed by atoms with Gasteiger partial charge in [0, 0.05) is 25.5 Å². The summed E-state index contributed by atoms with van der Waals surface area (Å²) in [5.74, 6) is 0. The van der Waals surface area contributed by atoms with E-state index < -0.39 is 0 Å². The second-order valence-electron chi connectivity index (χ2n) is 4.32. The smallest absolute Gasteiger partial charge is 0.0260 e. The predicted octanol–water partition coefficient (Wildman–Crippen LogP) is 3.29. The van der Waals surface area contributed by atoms with E-state index in [0.29, 0.717) is 0 Å². The Kier molecular flexibility index (Phi) is 4.83. The molecule has 0 saturated carbocycles. The Morgan fingerprint density at radius 1 is 1.29 bits per heavy atom. The molecule has 0 aliphatic carbocycles. The van der Waals surface area contributed by atoms with Gasteiger partial charge in [-0.05, 0) is 53.4 Å². The Morgan fingerprint density at radius 3 is 3.00 bits per heavy atom. The van der Waals surface area contributed by atoms with Crippen LogP contribution in [0.3, 0.4) is 0 Å². The maximum absolute atomic E-state index is 3.42. The van der Waals surface area contributed by atoms with Crippen LogP contribution in [0.25, 0.3) is 0 Å². The highest BCUT2D eigenvalue weighted by atomic mass is 32.1. The zero-order chi connectivity index (χ0) is 11.9. The van der Waals surface area contributed by atoms with Crippen molar-refractivity contribution in [3.05, 3.63) is 46.4 Å². The molecule has 0 unspecified atom stereocenters. The van der Waals surface area contributed by atoms with E-state index in [1.165, 1.54) is 17.5 Å². The molecular formula is C14H20N2S. The molecule has 2 heterocycles. The third-order valence-corrected chi connectivity index (χ3v) is 3.54. The van der Waals surface area contributed by atoms with Crippen molar-refractivity contribution in [1.29, 1.82) is 0 Å². The number of nitrogens with zero attached hydrogens (tertiary/aromatic N) is 1. The van der Waals surface area contributed by atoms with Crippen LogP contribution in [0, 0.1) is 0 Å². The summed E-state index contributed by atoms with van der Waals surface area (Å²) in [5.41, 5.74) is 2.82. The first kappa shape index (κ1) is 12.4. The monoisotopic (exact) mass is 248 g/mol. The molecular weight excluding hydrogens is 228 g/mol. The Bertz CT molecular complexity index is 417. The van der Waals surface area contributed by atoms with E-state index in [0.717, 1.165) is 26.1 Å². The van der Waals surface area contributed by atoms with E-state index in [1.807, 2.05) is 0 Å². The summed E-state index contributed by atoms with van der Waals surface area (Å²) < 4.78 is 2.28. The van der Waals surface area contributed by atoms with E-state index >= 15 is 0 Å². The number of aromatic nitrogens is 1. The van der Waals surface area contributed by atoms with Crippen molar-refractivity contribution in [2.75, 3.05) is 6.54 Å². The summed E-state index contributed by atoms with van der Waals surface area (Å²) in [6, 6.07) is 4.41. The molecule has 92 valence electrons. The van der Waals surface area contributed by atoms with Crippen molar-refractivity contribution in [2.24, 2.45) is 0 Å². The average Bonchev–Trinajstić information content (AvgIpc) is 2.98. The van der Waals surface area contributed by atoms with Crippen LogP contribution in [0.2, 0.25) is 0 Å². The zero-order valence-corrected chi connectivity index (χ0v) is 11.2. The topological polar surface area (TPSA) is 17.0 Å². The highest BCUT2D eigenvalue weighted by molar-refractivity contribution is 7.07. The van der Waals surface area contributed by atoms with Gasteiger partial charge in [-0.3, -0.25) is 0 Å². The number of rotatable bonds is 7. The quantitative estimate of drug-likeness (QED) is 0.744. The van der Waals surface area contributed by atoms with Gasteiger partial charge in [-0.15, -0.1) is 0 Å². The van der Waals surface area contributed by atoms with Crippen LogP contribution < -0.4 is 5.32 Å². The molecule has 1 N–H and O–H groups in total. The van der Waals surface area contributed by atoms with Crippen molar-refractivity contribution in [3.63, 3.8) is 0 Å². The third-order valence-electron chi connectivity index (χ3n) is 2.81. The standard InChI is InChI=1S/C14H20N2S/c1-2-6-15-10-14-4-8-16(11-14)7-3-13-5-9-17-12-13/h4-5,8-9,11-12,15H,2-3,6-7,10H2,1H3. The first-order valence-electron chi connectivity index (χ1n) is 6.25. The van der Waals surface area contributed by atoms with Gasteiger partial charge >= 0.3 is 0 Å². The molecule has 0 bridgehead atoms. The van der Waals surface area contributed by atoms with Crippen LogP contribution >= 0.6 is 11.3 Å². The summed E-state index contributed by atoms with van der Waals surface area (Å²) in [7, 11) is 0. The summed E-state index contributed by atoms with van der Waals surface area (Å²) in [4.78, 5) is 0. The zero-order valence-electron chi connectivity index (χ0n) is 10.4. The summed E-state index contributed by atoms with van der Waals surface area (Å²) in [5, 5.41) is 7.80. The van der Waals surface area contributed by atoms with Crippen LogP contribution in [0.5, 0.6) is 0 Å². The van der Waals surface area contributed by atoms with Crippen molar-refractivity contribution >= 4 is 11.3 Å². The lowest BCUT2D eigenvalue weighted by molar-refractivity contribution is 0.666. The third kappa shape index (κ3) is 4.02. The van der Waals surface area contributed by atoms with E-state index in [2.05, 4.69) is 52.1 Å². The predicted molar refractivity (Wildman–Crippen MR) is 74.5 cm³/mol. The first-order valence-corrected chi connectivity index (χ1v) is 7.19. The molecule has 0 saturated heterocycles. The van der Waals surface area contributed by atoms with Gasteiger partial charge in [0.05, 0.1) is 0 Å². The van der Waals surface area contributed by atoms with Crippen LogP contribution in [0.4, 0.5) is 0 Å². The molecule has 0 spiro atoms. The van der Waals surface area contributed by atoms with Crippen molar-refractivity contribution in [1.82, 2.24) is 9.88 Å². The first-order chi connectivity index (χ1) is 8.38. The lowest BCUT2D eigenvalue weighted by Gasteiger charge is -2.02.